The van der Waals surface area contributed by atoms with Crippen LogP contribution in [0.25, 0.3) is 0 Å². The van der Waals surface area contributed by atoms with Gasteiger partial charge in [0.15, 0.2) is 17.6 Å². The van der Waals surface area contributed by atoms with Crippen molar-refractivity contribution in [2.24, 2.45) is 0 Å². The van der Waals surface area contributed by atoms with Crippen LogP contribution in [-0.2, 0) is 11.2 Å². The van der Waals surface area contributed by atoms with Gasteiger partial charge in [-0.3, -0.25) is 4.79 Å². The highest BCUT2D eigenvalue weighted by atomic mass is 16.5. The van der Waals surface area contributed by atoms with Gasteiger partial charge in [0, 0.05) is 6.54 Å². The fourth-order valence-corrected chi connectivity index (χ4v) is 2.76. The van der Waals surface area contributed by atoms with E-state index in [0.717, 1.165) is 29.7 Å². The van der Waals surface area contributed by atoms with Crippen LogP contribution in [0.3, 0.4) is 0 Å². The van der Waals surface area contributed by atoms with E-state index in [1.165, 1.54) is 0 Å². The van der Waals surface area contributed by atoms with E-state index in [1.54, 1.807) is 14.2 Å². The topological polar surface area (TPSA) is 56.8 Å². The lowest BCUT2D eigenvalue weighted by atomic mass is 10.1. The molecule has 1 amide bonds. The predicted molar refractivity (Wildman–Crippen MR) is 107 cm³/mol. The lowest BCUT2D eigenvalue weighted by Crippen LogP contribution is -2.38. The second-order valence-electron chi connectivity index (χ2n) is 6.41. The van der Waals surface area contributed by atoms with Crippen molar-refractivity contribution >= 4 is 5.91 Å². The van der Waals surface area contributed by atoms with E-state index in [-0.39, 0.29) is 5.91 Å². The van der Waals surface area contributed by atoms with Crippen LogP contribution < -0.4 is 19.5 Å². The number of carbonyl (C=O) groups is 1. The highest BCUT2D eigenvalue weighted by Gasteiger charge is 2.17. The zero-order chi connectivity index (χ0) is 19.6. The van der Waals surface area contributed by atoms with Gasteiger partial charge in [-0.1, -0.05) is 30.7 Å². The third-order valence-electron chi connectivity index (χ3n) is 4.35. The summed E-state index contributed by atoms with van der Waals surface area (Å²) in [6.07, 6.45) is 1.82. The Hall–Kier alpha value is -2.69. The Bertz CT molecular complexity index is 728. The van der Waals surface area contributed by atoms with Crippen LogP contribution in [0.1, 0.15) is 30.9 Å². The third-order valence-corrected chi connectivity index (χ3v) is 4.35. The Labute approximate surface area is 161 Å². The van der Waals surface area contributed by atoms with Gasteiger partial charge in [0.2, 0.25) is 0 Å². The average molecular weight is 371 g/mol. The second-order valence-corrected chi connectivity index (χ2v) is 6.41. The summed E-state index contributed by atoms with van der Waals surface area (Å²) in [6, 6.07) is 13.6. The van der Waals surface area contributed by atoms with Crippen molar-refractivity contribution in [1.29, 1.82) is 0 Å². The summed E-state index contributed by atoms with van der Waals surface area (Å²) in [7, 11) is 3.25. The molecule has 1 N–H and O–H groups in total. The maximum absolute atomic E-state index is 12.4. The second kappa shape index (κ2) is 10.5. The highest BCUT2D eigenvalue weighted by molar-refractivity contribution is 5.81. The summed E-state index contributed by atoms with van der Waals surface area (Å²) in [4.78, 5) is 12.4. The lowest BCUT2D eigenvalue weighted by Gasteiger charge is -2.17. The molecule has 0 aliphatic rings. The van der Waals surface area contributed by atoms with Gasteiger partial charge in [-0.25, -0.2) is 0 Å². The molecule has 0 aliphatic heterocycles. The molecular weight excluding hydrogens is 342 g/mol. The van der Waals surface area contributed by atoms with Gasteiger partial charge in [0.1, 0.15) is 5.75 Å². The van der Waals surface area contributed by atoms with Crippen molar-refractivity contribution in [1.82, 2.24) is 5.32 Å². The molecule has 146 valence electrons. The predicted octanol–water partition coefficient (Wildman–Crippen LogP) is 3.92. The first kappa shape index (κ1) is 20.6. The molecule has 0 saturated carbocycles. The molecule has 0 saturated heterocycles. The molecule has 1 atom stereocenters. The summed E-state index contributed by atoms with van der Waals surface area (Å²) >= 11 is 0. The van der Waals surface area contributed by atoms with Crippen LogP contribution in [0.5, 0.6) is 17.2 Å². The van der Waals surface area contributed by atoms with Gasteiger partial charge in [-0.2, -0.15) is 0 Å². The molecule has 2 rings (SSSR count). The fourth-order valence-electron chi connectivity index (χ4n) is 2.76. The van der Waals surface area contributed by atoms with Crippen molar-refractivity contribution < 1.29 is 19.0 Å². The van der Waals surface area contributed by atoms with Gasteiger partial charge < -0.3 is 19.5 Å². The minimum atomic E-state index is -0.478. The van der Waals surface area contributed by atoms with Gasteiger partial charge >= 0.3 is 0 Å². The van der Waals surface area contributed by atoms with E-state index in [0.29, 0.717) is 24.5 Å². The van der Waals surface area contributed by atoms with Crippen LogP contribution in [-0.4, -0.2) is 32.8 Å². The minimum absolute atomic E-state index is 0.0783. The van der Waals surface area contributed by atoms with Crippen LogP contribution in [0, 0.1) is 6.92 Å². The van der Waals surface area contributed by atoms with Crippen molar-refractivity contribution in [3.63, 3.8) is 0 Å². The molecule has 0 fully saturated rings. The highest BCUT2D eigenvalue weighted by Crippen LogP contribution is 2.27. The Morgan fingerprint density at radius 1 is 1.04 bits per heavy atom. The lowest BCUT2D eigenvalue weighted by molar-refractivity contribution is -0.128. The van der Waals surface area contributed by atoms with Gasteiger partial charge in [-0.05, 0) is 56.0 Å². The molecule has 0 unspecified atom stereocenters. The SMILES string of the molecule is CC[C@H](Oc1ccc(C)cc1)C(=O)NCCCc1ccc(OC)c(OC)c1. The number of hydrogen-bond acceptors (Lipinski definition) is 4. The monoisotopic (exact) mass is 371 g/mol. The Morgan fingerprint density at radius 2 is 1.74 bits per heavy atom. The maximum atomic E-state index is 12.4. The zero-order valence-corrected chi connectivity index (χ0v) is 16.6. The molecule has 5 heteroatoms. The third kappa shape index (κ3) is 6.20. The number of rotatable bonds is 10. The summed E-state index contributed by atoms with van der Waals surface area (Å²) in [5.41, 5.74) is 2.31. The number of amides is 1. The number of hydrogen-bond donors (Lipinski definition) is 1. The van der Waals surface area contributed by atoms with Gasteiger partial charge in [0.25, 0.3) is 5.91 Å². The molecule has 0 spiro atoms. The average Bonchev–Trinajstić information content (AvgIpc) is 2.70. The van der Waals surface area contributed by atoms with Crippen LogP contribution in [0.4, 0.5) is 0 Å². The first-order chi connectivity index (χ1) is 13.1. The fraction of sp³-hybridized carbons (Fsp3) is 0.409. The van der Waals surface area contributed by atoms with E-state index in [1.807, 2.05) is 56.3 Å². The normalized spacial score (nSPS) is 11.6. The Balaban J connectivity index is 1.79. The quantitative estimate of drug-likeness (QED) is 0.643. The van der Waals surface area contributed by atoms with E-state index in [4.69, 9.17) is 14.2 Å². The maximum Gasteiger partial charge on any atom is 0.261 e. The summed E-state index contributed by atoms with van der Waals surface area (Å²) in [6.45, 7) is 4.56. The molecule has 5 nitrogen and oxygen atoms in total. The van der Waals surface area contributed by atoms with E-state index in [9.17, 15) is 4.79 Å². The van der Waals surface area contributed by atoms with Crippen LogP contribution >= 0.6 is 0 Å². The number of nitrogens with one attached hydrogen (secondary N) is 1. The first-order valence-corrected chi connectivity index (χ1v) is 9.29. The number of aryl methyl sites for hydroxylation is 2. The summed E-state index contributed by atoms with van der Waals surface area (Å²) in [5.74, 6) is 2.07. The van der Waals surface area contributed by atoms with Crippen molar-refractivity contribution in [3.05, 3.63) is 53.6 Å². The van der Waals surface area contributed by atoms with Crippen LogP contribution in [0.15, 0.2) is 42.5 Å². The molecule has 0 aromatic heterocycles. The van der Waals surface area contributed by atoms with Gasteiger partial charge in [0.05, 0.1) is 14.2 Å². The first-order valence-electron chi connectivity index (χ1n) is 9.29. The van der Waals surface area contributed by atoms with Crippen LogP contribution in [0.2, 0.25) is 0 Å². The number of benzene rings is 2. The molecule has 27 heavy (non-hydrogen) atoms. The van der Waals surface area contributed by atoms with Gasteiger partial charge in [-0.15, -0.1) is 0 Å². The minimum Gasteiger partial charge on any atom is -0.493 e. The molecule has 0 aliphatic carbocycles. The summed E-state index contributed by atoms with van der Waals surface area (Å²) in [5, 5.41) is 2.97. The molecule has 0 heterocycles. The van der Waals surface area contributed by atoms with Crippen molar-refractivity contribution in [2.45, 2.75) is 39.2 Å². The van der Waals surface area contributed by atoms with E-state index in [2.05, 4.69) is 5.32 Å². The molecule has 0 bridgehead atoms. The number of ether oxygens (including phenoxy) is 3. The van der Waals surface area contributed by atoms with Crippen molar-refractivity contribution in [3.8, 4) is 17.2 Å². The number of methoxy groups -OCH3 is 2. The smallest absolute Gasteiger partial charge is 0.261 e. The van der Waals surface area contributed by atoms with E-state index < -0.39 is 6.10 Å². The Kier molecular flexibility index (Phi) is 7.99. The van der Waals surface area contributed by atoms with Crippen molar-refractivity contribution in [2.75, 3.05) is 20.8 Å². The zero-order valence-electron chi connectivity index (χ0n) is 16.6. The molecule has 2 aromatic rings. The summed E-state index contributed by atoms with van der Waals surface area (Å²) < 4.78 is 16.4. The molecular formula is C22H29NO4. The Morgan fingerprint density at radius 3 is 2.37 bits per heavy atom. The molecule has 0 radical (unpaired) electrons. The standard InChI is InChI=1S/C22H29NO4/c1-5-19(27-18-11-8-16(2)9-12-18)22(24)23-14-6-7-17-10-13-20(25-3)21(15-17)26-4/h8-13,15,19H,5-7,14H2,1-4H3,(H,23,24)/t19-/m0/s1. The van der Waals surface area contributed by atoms with E-state index >= 15 is 0 Å². The number of carbonyl (C=O) groups excluding carboxylic acids is 1. The largest absolute Gasteiger partial charge is 0.493 e. The molecule has 2 aromatic carbocycles.